The predicted octanol–water partition coefficient (Wildman–Crippen LogP) is 1.91. The molecule has 0 aromatic rings. The van der Waals surface area contributed by atoms with E-state index < -0.39 is 5.97 Å². The molecular formula is C10H20CaO2. The summed E-state index contributed by atoms with van der Waals surface area (Å²) < 4.78 is 0. The van der Waals surface area contributed by atoms with Crippen molar-refractivity contribution in [1.29, 1.82) is 0 Å². The van der Waals surface area contributed by atoms with Crippen molar-refractivity contribution in [2.45, 2.75) is 51.4 Å². The molecule has 0 saturated heterocycles. The van der Waals surface area contributed by atoms with E-state index in [0.717, 1.165) is 18.8 Å². The Morgan fingerprint density at radius 2 is 1.85 bits per heavy atom. The topological polar surface area (TPSA) is 37.3 Å². The van der Waals surface area contributed by atoms with Gasteiger partial charge in [-0.1, -0.05) is 32.1 Å². The first-order valence-electron chi connectivity index (χ1n) is 5.01. The second kappa shape index (κ2) is 8.07. The van der Waals surface area contributed by atoms with Crippen LogP contribution in [0.1, 0.15) is 51.4 Å². The summed E-state index contributed by atoms with van der Waals surface area (Å²) in [6.07, 6.45) is 9.13. The first-order chi connectivity index (χ1) is 5.79. The quantitative estimate of drug-likeness (QED) is 0.723. The third kappa shape index (κ3) is 6.75. The Hall–Kier alpha value is 0.730. The predicted molar refractivity (Wildman–Crippen MR) is 56.6 cm³/mol. The molecule has 0 bridgehead atoms. The zero-order chi connectivity index (χ0) is 8.81. The maximum absolute atomic E-state index is 10.2. The summed E-state index contributed by atoms with van der Waals surface area (Å²) in [6.45, 7) is 0. The van der Waals surface area contributed by atoms with E-state index in [1.165, 1.54) is 32.1 Å². The fourth-order valence-corrected chi connectivity index (χ4v) is 2.02. The Kier molecular flexibility index (Phi) is 8.53. The molecule has 0 aromatic heterocycles. The van der Waals surface area contributed by atoms with Gasteiger partial charge in [0, 0.05) is 6.42 Å². The molecule has 0 amide bonds. The number of aliphatic carboxylic acids is 1. The van der Waals surface area contributed by atoms with Crippen molar-refractivity contribution in [3.05, 3.63) is 0 Å². The summed E-state index contributed by atoms with van der Waals surface area (Å²) in [5.41, 5.74) is 0. The Morgan fingerprint density at radius 1 is 1.23 bits per heavy atom. The van der Waals surface area contributed by atoms with Crippen LogP contribution in [0.25, 0.3) is 0 Å². The van der Waals surface area contributed by atoms with Crippen LogP contribution in [0.3, 0.4) is 0 Å². The molecule has 1 aliphatic carbocycles. The van der Waals surface area contributed by atoms with E-state index in [4.69, 9.17) is 5.11 Å². The van der Waals surface area contributed by atoms with Crippen LogP contribution in [0.4, 0.5) is 0 Å². The summed E-state index contributed by atoms with van der Waals surface area (Å²) in [4.78, 5) is 10.2. The van der Waals surface area contributed by atoms with Crippen LogP contribution in [0.5, 0.6) is 0 Å². The standard InChI is InChI=1S/C10H18O2.Ca.2H/c11-10(12)8-4-7-9-5-2-1-3-6-9;;;/h9H,1-8H2,(H,11,12);;;. The van der Waals surface area contributed by atoms with Crippen molar-refractivity contribution in [1.82, 2.24) is 0 Å². The van der Waals surface area contributed by atoms with E-state index in [1.807, 2.05) is 0 Å². The first kappa shape index (κ1) is 13.7. The molecule has 1 saturated carbocycles. The molecule has 0 unspecified atom stereocenters. The van der Waals surface area contributed by atoms with Crippen molar-refractivity contribution in [2.24, 2.45) is 5.92 Å². The summed E-state index contributed by atoms with van der Waals surface area (Å²) >= 11 is 0. The fourth-order valence-electron chi connectivity index (χ4n) is 2.02. The van der Waals surface area contributed by atoms with Crippen molar-refractivity contribution in [3.63, 3.8) is 0 Å². The van der Waals surface area contributed by atoms with Gasteiger partial charge in [-0.3, -0.25) is 4.79 Å². The van der Waals surface area contributed by atoms with Crippen molar-refractivity contribution >= 4 is 43.7 Å². The third-order valence-corrected chi connectivity index (χ3v) is 2.73. The van der Waals surface area contributed by atoms with Gasteiger partial charge in [0.15, 0.2) is 0 Å². The minimum atomic E-state index is -0.647. The normalized spacial score (nSPS) is 17.8. The molecule has 1 aliphatic rings. The molecule has 0 aromatic carbocycles. The van der Waals surface area contributed by atoms with Gasteiger partial charge >= 0.3 is 43.7 Å². The third-order valence-electron chi connectivity index (χ3n) is 2.73. The summed E-state index contributed by atoms with van der Waals surface area (Å²) in [5, 5.41) is 8.44. The van der Waals surface area contributed by atoms with Gasteiger partial charge in [-0.2, -0.15) is 0 Å². The van der Waals surface area contributed by atoms with Crippen molar-refractivity contribution < 1.29 is 9.90 Å². The van der Waals surface area contributed by atoms with Crippen LogP contribution in [0.15, 0.2) is 0 Å². The molecule has 1 fully saturated rings. The molecule has 2 nitrogen and oxygen atoms in total. The number of hydrogen-bond donors (Lipinski definition) is 1. The second-order valence-electron chi connectivity index (χ2n) is 3.79. The zero-order valence-electron chi connectivity index (χ0n) is 7.59. The number of rotatable bonds is 4. The van der Waals surface area contributed by atoms with Crippen LogP contribution in [-0.2, 0) is 4.79 Å². The molecule has 1 rings (SSSR count). The molecule has 0 spiro atoms. The van der Waals surface area contributed by atoms with Gasteiger partial charge in [0.2, 0.25) is 0 Å². The molecule has 74 valence electrons. The van der Waals surface area contributed by atoms with Crippen LogP contribution in [0.2, 0.25) is 0 Å². The monoisotopic (exact) mass is 212 g/mol. The van der Waals surface area contributed by atoms with Gasteiger partial charge in [0.1, 0.15) is 0 Å². The molecule has 0 heterocycles. The average molecular weight is 212 g/mol. The number of carbonyl (C=O) groups is 1. The fraction of sp³-hybridized carbons (Fsp3) is 0.900. The van der Waals surface area contributed by atoms with Crippen LogP contribution in [0, 0.1) is 5.92 Å². The Morgan fingerprint density at radius 3 is 2.38 bits per heavy atom. The van der Waals surface area contributed by atoms with E-state index in [0.29, 0.717) is 6.42 Å². The molecule has 13 heavy (non-hydrogen) atoms. The summed E-state index contributed by atoms with van der Waals surface area (Å²) in [6, 6.07) is 0. The SMILES string of the molecule is O=C(O)CCCC1CCCCC1.[CaH2]. The number of hydrogen-bond acceptors (Lipinski definition) is 1. The van der Waals surface area contributed by atoms with E-state index in [2.05, 4.69) is 0 Å². The van der Waals surface area contributed by atoms with Gasteiger partial charge in [-0.15, -0.1) is 0 Å². The van der Waals surface area contributed by atoms with E-state index in [-0.39, 0.29) is 37.7 Å². The molecule has 1 N–H and O–H groups in total. The Labute approximate surface area is 110 Å². The van der Waals surface area contributed by atoms with Gasteiger partial charge in [-0.25, -0.2) is 0 Å². The Bertz CT molecular complexity index is 142. The molecule has 0 atom stereocenters. The van der Waals surface area contributed by atoms with Gasteiger partial charge < -0.3 is 5.11 Å². The Balaban J connectivity index is 0.00000144. The second-order valence-corrected chi connectivity index (χ2v) is 3.79. The molecule has 3 heteroatoms. The van der Waals surface area contributed by atoms with Crippen LogP contribution < -0.4 is 0 Å². The minimum absolute atomic E-state index is 0. The summed E-state index contributed by atoms with van der Waals surface area (Å²) in [7, 11) is 0. The number of carboxylic acids is 1. The number of carboxylic acid groups (broad SMARTS) is 1. The zero-order valence-corrected chi connectivity index (χ0v) is 7.59. The van der Waals surface area contributed by atoms with E-state index >= 15 is 0 Å². The average Bonchev–Trinajstić information content (AvgIpc) is 2.05. The molecule has 0 radical (unpaired) electrons. The van der Waals surface area contributed by atoms with Crippen LogP contribution >= 0.6 is 0 Å². The van der Waals surface area contributed by atoms with Gasteiger partial charge in [0.05, 0.1) is 0 Å². The van der Waals surface area contributed by atoms with Crippen molar-refractivity contribution in [3.8, 4) is 0 Å². The van der Waals surface area contributed by atoms with Crippen molar-refractivity contribution in [2.75, 3.05) is 0 Å². The molecular weight excluding hydrogens is 192 g/mol. The van der Waals surface area contributed by atoms with Gasteiger partial charge in [-0.05, 0) is 18.8 Å². The van der Waals surface area contributed by atoms with Gasteiger partial charge in [0.25, 0.3) is 0 Å². The maximum atomic E-state index is 10.2. The summed E-state index contributed by atoms with van der Waals surface area (Å²) in [5.74, 6) is 0.184. The van der Waals surface area contributed by atoms with E-state index in [9.17, 15) is 4.79 Å². The van der Waals surface area contributed by atoms with Crippen LogP contribution in [-0.4, -0.2) is 48.8 Å². The molecule has 0 aliphatic heterocycles. The van der Waals surface area contributed by atoms with E-state index in [1.54, 1.807) is 0 Å². The first-order valence-corrected chi connectivity index (χ1v) is 5.01.